The molecule has 5 N–H and O–H groups in total. The van der Waals surface area contributed by atoms with Crippen molar-refractivity contribution in [2.45, 2.75) is 143 Å². The largest absolute Gasteiger partial charge is 0.508 e. The first-order chi connectivity index (χ1) is 32.7. The number of aliphatic imine (C=N–C) groups is 1. The molecule has 7 rings (SSSR count). The molecule has 2 aromatic carbocycles. The Labute approximate surface area is 406 Å². The van der Waals surface area contributed by atoms with Gasteiger partial charge in [-0.05, 0) is 105 Å². The van der Waals surface area contributed by atoms with Crippen LogP contribution >= 0.6 is 0 Å². The van der Waals surface area contributed by atoms with Crippen LogP contribution in [0.2, 0.25) is 0 Å². The Morgan fingerprint density at radius 1 is 1.09 bits per heavy atom. The summed E-state index contributed by atoms with van der Waals surface area (Å²) in [5, 5.41) is 18.1. The number of likely N-dealkylation sites (N-methyl/N-ethyl adjacent to an activating group) is 1. The summed E-state index contributed by atoms with van der Waals surface area (Å²) in [5.74, 6) is -2.69. The predicted molar refractivity (Wildman–Crippen MR) is 265 cm³/mol. The number of phenols is 1. The smallest absolute Gasteiger partial charge is 0.324 e. The minimum Gasteiger partial charge on any atom is -0.508 e. The van der Waals surface area contributed by atoms with Gasteiger partial charge in [-0.15, -0.1) is 5.01 Å². The lowest BCUT2D eigenvalue weighted by atomic mass is 9.83. The van der Waals surface area contributed by atoms with Crippen molar-refractivity contribution in [3.8, 4) is 16.9 Å². The SMILES string of the molecule is CCn1c(C2=C([C@H](C)OC)N=CCC2)c2c3cc(ccc31)-c1cc(O)cc(c1)C[C@H](NC(=O)[C@H](C(C)C)N(C)[N+](=O)[C@]1(C)CCCN1C(=O)C(C)CN)C(=O)N1CCC[C@H](N1)C(=O)OCC(C)(C)C2. The second-order valence-electron chi connectivity index (χ2n) is 20.8. The Morgan fingerprint density at radius 2 is 1.84 bits per heavy atom. The summed E-state index contributed by atoms with van der Waals surface area (Å²) in [6.45, 7) is 17.0. The van der Waals surface area contributed by atoms with Crippen LogP contribution < -0.4 is 16.5 Å². The fraction of sp³-hybridized carbons (Fsp3) is 0.596. The van der Waals surface area contributed by atoms with Crippen LogP contribution in [0, 0.1) is 22.2 Å². The third-order valence-corrected chi connectivity index (χ3v) is 14.6. The standard InChI is InChI=1S/C52H73N9O8/c1-11-58-43-18-17-35-27-39(43)40(46(58)38-15-12-20-54-44(38)33(5)68-10)28-51(6,7)30-69-50(66)41-16-13-22-60(56-41)49(65)42(25-34-23-36(35)26-37(62)24-34)55-47(63)45(31(2)3)57(9)61(67)52(8)19-14-21-59(52)48(64)32(4)29-53/h17-18,20,23-24,26-27,31-33,41-42,45,56H,11-16,19,21-22,25,28-30,53H2,1-10H3,(H-,55,62,63)/p+1/t32?,33-,41-,42-,45-,52+/m0/s1. The number of allylic oxidation sites excluding steroid dienone is 1. The third kappa shape index (κ3) is 10.3. The monoisotopic (exact) mass is 953 g/mol. The van der Waals surface area contributed by atoms with Crippen LogP contribution in [-0.4, -0.2) is 130 Å². The molecule has 3 amide bonds. The number of amides is 3. The maximum absolute atomic E-state index is 14.8. The number of carbonyl (C=O) groups excluding carboxylic acids is 4. The van der Waals surface area contributed by atoms with Gasteiger partial charge in [-0.25, -0.2) is 5.43 Å². The van der Waals surface area contributed by atoms with Gasteiger partial charge in [-0.2, -0.15) is 0 Å². The number of nitrogens with one attached hydrogen (secondary N) is 2. The van der Waals surface area contributed by atoms with Crippen LogP contribution in [0.25, 0.3) is 27.6 Å². The molecule has 0 radical (unpaired) electrons. The lowest BCUT2D eigenvalue weighted by molar-refractivity contribution is -0.776. The van der Waals surface area contributed by atoms with Gasteiger partial charge in [0.1, 0.15) is 22.7 Å². The normalized spacial score (nSPS) is 23.4. The summed E-state index contributed by atoms with van der Waals surface area (Å²) in [4.78, 5) is 78.6. The minimum atomic E-state index is -1.27. The van der Waals surface area contributed by atoms with E-state index in [2.05, 4.69) is 48.2 Å². The van der Waals surface area contributed by atoms with Gasteiger partial charge in [0.25, 0.3) is 5.91 Å². The van der Waals surface area contributed by atoms with Gasteiger partial charge in [-0.3, -0.25) is 34.1 Å². The highest BCUT2D eigenvalue weighted by Gasteiger charge is 2.57. The van der Waals surface area contributed by atoms with E-state index in [0.29, 0.717) is 50.8 Å². The Hall–Kier alpha value is -5.65. The third-order valence-electron chi connectivity index (χ3n) is 14.6. The molecular weight excluding hydrogens is 879 g/mol. The number of methoxy groups -OCH3 is 1. The first-order valence-electron chi connectivity index (χ1n) is 24.8. The average Bonchev–Trinajstić information content (AvgIpc) is 3.88. The second kappa shape index (κ2) is 20.7. The van der Waals surface area contributed by atoms with E-state index in [1.165, 1.54) is 17.1 Å². The van der Waals surface area contributed by atoms with Gasteiger partial charge in [-0.1, -0.05) is 46.8 Å². The number of phenolic OH excluding ortho intramolecular Hbond substituents is 1. The van der Waals surface area contributed by atoms with Gasteiger partial charge in [0.05, 0.1) is 36.1 Å². The molecule has 17 heteroatoms. The number of aryl methyl sites for hydroxylation is 1. The molecule has 3 aromatic rings. The molecule has 1 unspecified atom stereocenters. The van der Waals surface area contributed by atoms with Crippen molar-refractivity contribution in [2.24, 2.45) is 28.0 Å². The van der Waals surface area contributed by atoms with Crippen molar-refractivity contribution < 1.29 is 38.6 Å². The summed E-state index contributed by atoms with van der Waals surface area (Å²) in [6.07, 6.45) is 5.75. The first-order valence-corrected chi connectivity index (χ1v) is 24.8. The van der Waals surface area contributed by atoms with Crippen LogP contribution in [0.4, 0.5) is 0 Å². The van der Waals surface area contributed by atoms with Crippen LogP contribution in [0.15, 0.2) is 47.1 Å². The van der Waals surface area contributed by atoms with Gasteiger partial charge in [0.15, 0.2) is 6.04 Å². The van der Waals surface area contributed by atoms with Gasteiger partial charge in [0, 0.05) is 87.1 Å². The number of rotatable bonds is 12. The zero-order valence-electron chi connectivity index (χ0n) is 42.3. The molecule has 6 bridgehead atoms. The molecular formula is C52H74N9O8+. The number of likely N-dealkylation sites (tertiary alicyclic amines) is 1. The number of hydrazine groups is 2. The zero-order chi connectivity index (χ0) is 50.1. The van der Waals surface area contributed by atoms with Crippen molar-refractivity contribution in [1.82, 2.24) is 30.2 Å². The summed E-state index contributed by atoms with van der Waals surface area (Å²) >= 11 is 0. The van der Waals surface area contributed by atoms with Gasteiger partial charge in [0.2, 0.25) is 11.8 Å². The maximum atomic E-state index is 14.8. The highest BCUT2D eigenvalue weighted by atomic mass is 16.5. The molecule has 1 aromatic heterocycles. The molecule has 4 aliphatic heterocycles. The molecule has 0 aliphatic carbocycles. The molecule has 2 saturated heterocycles. The van der Waals surface area contributed by atoms with Crippen molar-refractivity contribution in [1.29, 1.82) is 0 Å². The van der Waals surface area contributed by atoms with E-state index in [-0.39, 0.29) is 43.9 Å². The van der Waals surface area contributed by atoms with E-state index < -0.39 is 58.8 Å². The minimum absolute atomic E-state index is 0.0142. The van der Waals surface area contributed by atoms with Gasteiger partial charge < -0.3 is 30.2 Å². The molecule has 69 heavy (non-hydrogen) atoms. The summed E-state index contributed by atoms with van der Waals surface area (Å²) in [6, 6.07) is 8.43. The second-order valence-corrected chi connectivity index (χ2v) is 20.8. The van der Waals surface area contributed by atoms with E-state index >= 15 is 0 Å². The van der Waals surface area contributed by atoms with Crippen LogP contribution in [0.3, 0.4) is 0 Å². The molecule has 17 nitrogen and oxygen atoms in total. The van der Waals surface area contributed by atoms with Crippen molar-refractivity contribution in [2.75, 3.05) is 40.4 Å². The number of benzene rings is 2. The van der Waals surface area contributed by atoms with E-state index in [1.54, 1.807) is 38.0 Å². The number of aromatic nitrogens is 1. The Kier molecular flexibility index (Phi) is 15.4. The molecule has 5 heterocycles. The Bertz CT molecular complexity index is 2530. The van der Waals surface area contributed by atoms with E-state index in [4.69, 9.17) is 20.2 Å². The Balaban J connectivity index is 1.31. The van der Waals surface area contributed by atoms with Crippen molar-refractivity contribution >= 4 is 46.4 Å². The summed E-state index contributed by atoms with van der Waals surface area (Å²) in [7, 11) is 3.23. The summed E-state index contributed by atoms with van der Waals surface area (Å²) < 4.78 is 14.3. The molecule has 0 saturated carbocycles. The number of esters is 1. The molecule has 4 aliphatic rings. The first kappa shape index (κ1) is 51.2. The number of aromatic hydroxyl groups is 1. The number of cyclic esters (lactones) is 1. The average molecular weight is 953 g/mol. The molecule has 2 fully saturated rings. The number of fused-ring (bicyclic) bond motifs is 6. The highest BCUT2D eigenvalue weighted by Crippen LogP contribution is 2.42. The summed E-state index contributed by atoms with van der Waals surface area (Å²) in [5.41, 5.74) is 14.6. The lowest BCUT2D eigenvalue weighted by Crippen LogP contribution is -2.64. The van der Waals surface area contributed by atoms with Crippen LogP contribution in [0.1, 0.15) is 111 Å². The number of ether oxygens (including phenoxy) is 2. The van der Waals surface area contributed by atoms with Crippen molar-refractivity contribution in [3.63, 3.8) is 0 Å². The number of hydrogen-bond donors (Lipinski definition) is 4. The number of nitrogens with zero attached hydrogens (tertiary/aromatic N) is 6. The number of nitrogens with two attached hydrogens (primary N) is 1. The zero-order valence-corrected chi connectivity index (χ0v) is 42.3. The highest BCUT2D eigenvalue weighted by molar-refractivity contribution is 5.95. The molecule has 6 atom stereocenters. The van der Waals surface area contributed by atoms with Crippen molar-refractivity contribution in [3.05, 3.63) is 63.8 Å². The number of hydrogen-bond acceptors (Lipinski definition) is 11. The van der Waals surface area contributed by atoms with E-state index in [0.717, 1.165) is 62.3 Å². The maximum Gasteiger partial charge on any atom is 0.324 e. The fourth-order valence-corrected chi connectivity index (χ4v) is 10.8. The van der Waals surface area contributed by atoms with Gasteiger partial charge >= 0.3 is 11.6 Å². The van der Waals surface area contributed by atoms with Crippen LogP contribution in [0.5, 0.6) is 5.75 Å². The quantitative estimate of drug-likeness (QED) is 0.0960. The van der Waals surface area contributed by atoms with E-state index in [9.17, 15) is 29.2 Å². The topological polar surface area (TPSA) is 204 Å². The lowest BCUT2D eigenvalue weighted by Gasteiger charge is -2.36. The number of nitroso groups, excluding NO2 is 1. The fourth-order valence-electron chi connectivity index (χ4n) is 10.8. The Morgan fingerprint density at radius 3 is 2.54 bits per heavy atom. The number of carbonyl (C=O) groups is 4. The van der Waals surface area contributed by atoms with Crippen LogP contribution in [-0.2, 0) is 48.0 Å². The predicted octanol–water partition coefficient (Wildman–Crippen LogP) is 5.88. The molecule has 0 spiro atoms. The van der Waals surface area contributed by atoms with E-state index in [1.807, 2.05) is 39.1 Å². The molecule has 374 valence electrons.